The maximum absolute atomic E-state index is 9.36. The van der Waals surface area contributed by atoms with Crippen LogP contribution in [0.1, 0.15) is 31.2 Å². The van der Waals surface area contributed by atoms with Gasteiger partial charge in [-0.05, 0) is 50.2 Å². The molecular weight excluding hydrogens is 214 g/mol. The van der Waals surface area contributed by atoms with Crippen LogP contribution in [0.5, 0.6) is 0 Å². The second-order valence-corrected chi connectivity index (χ2v) is 6.84. The molecule has 82 valence electrons. The maximum atomic E-state index is 9.36. The number of benzene rings is 1. The lowest BCUT2D eigenvalue weighted by Crippen LogP contribution is -2.40. The molecule has 0 unspecified atom stereocenters. The van der Waals surface area contributed by atoms with Crippen molar-refractivity contribution in [2.75, 3.05) is 0 Å². The van der Waals surface area contributed by atoms with Gasteiger partial charge in [0, 0.05) is 4.90 Å². The lowest BCUT2D eigenvalue weighted by molar-refractivity contribution is 0.251. The lowest BCUT2D eigenvalue weighted by Gasteiger charge is -2.42. The standard InChI is InChI=1S/C14H15NS/c1-11-3-2-4-12(7-11)16-14(10-15)8-13(9-14)5-6-13/h2-4,7H,5-6,8-9H2,1H3. The first kappa shape index (κ1) is 10.2. The van der Waals surface area contributed by atoms with Crippen LogP contribution in [0.2, 0.25) is 0 Å². The van der Waals surface area contributed by atoms with Gasteiger partial charge >= 0.3 is 0 Å². The second-order valence-electron chi connectivity index (χ2n) is 5.38. The van der Waals surface area contributed by atoms with Crippen molar-refractivity contribution in [3.8, 4) is 6.07 Å². The molecule has 0 radical (unpaired) electrons. The molecule has 2 fully saturated rings. The Hall–Kier alpha value is -0.940. The fraction of sp³-hybridized carbons (Fsp3) is 0.500. The normalized spacial score (nSPS) is 23.5. The van der Waals surface area contributed by atoms with Gasteiger partial charge in [0.15, 0.2) is 0 Å². The van der Waals surface area contributed by atoms with E-state index < -0.39 is 0 Å². The van der Waals surface area contributed by atoms with Crippen molar-refractivity contribution in [3.63, 3.8) is 0 Å². The Bertz CT molecular complexity index is 460. The predicted octanol–water partition coefficient (Wildman–Crippen LogP) is 3.92. The van der Waals surface area contributed by atoms with Gasteiger partial charge < -0.3 is 0 Å². The summed E-state index contributed by atoms with van der Waals surface area (Å²) in [6.07, 6.45) is 4.92. The topological polar surface area (TPSA) is 23.8 Å². The second kappa shape index (κ2) is 3.28. The number of rotatable bonds is 2. The van der Waals surface area contributed by atoms with Gasteiger partial charge in [-0.15, -0.1) is 11.8 Å². The van der Waals surface area contributed by atoms with Gasteiger partial charge in [0.1, 0.15) is 4.75 Å². The molecule has 3 rings (SSSR count). The van der Waals surface area contributed by atoms with Crippen molar-refractivity contribution in [3.05, 3.63) is 29.8 Å². The summed E-state index contributed by atoms with van der Waals surface area (Å²) < 4.78 is -0.121. The number of hydrogen-bond donors (Lipinski definition) is 0. The van der Waals surface area contributed by atoms with Crippen LogP contribution in [-0.4, -0.2) is 4.75 Å². The zero-order valence-corrected chi connectivity index (χ0v) is 10.3. The van der Waals surface area contributed by atoms with Crippen LogP contribution in [0.3, 0.4) is 0 Å². The van der Waals surface area contributed by atoms with E-state index in [-0.39, 0.29) is 4.75 Å². The van der Waals surface area contributed by atoms with Gasteiger partial charge in [0.2, 0.25) is 0 Å². The molecule has 1 aromatic carbocycles. The summed E-state index contributed by atoms with van der Waals surface area (Å²) in [7, 11) is 0. The minimum Gasteiger partial charge on any atom is -0.197 e. The van der Waals surface area contributed by atoms with Crippen molar-refractivity contribution < 1.29 is 0 Å². The highest BCUT2D eigenvalue weighted by molar-refractivity contribution is 8.01. The van der Waals surface area contributed by atoms with E-state index in [1.54, 1.807) is 11.8 Å². The fourth-order valence-corrected chi connectivity index (χ4v) is 4.41. The Morgan fingerprint density at radius 3 is 2.62 bits per heavy atom. The molecule has 16 heavy (non-hydrogen) atoms. The van der Waals surface area contributed by atoms with E-state index in [0.717, 1.165) is 12.8 Å². The van der Waals surface area contributed by atoms with E-state index >= 15 is 0 Å². The van der Waals surface area contributed by atoms with Gasteiger partial charge in [0.25, 0.3) is 0 Å². The molecule has 0 aromatic heterocycles. The quantitative estimate of drug-likeness (QED) is 0.767. The highest BCUT2D eigenvalue weighted by Crippen LogP contribution is 2.69. The lowest BCUT2D eigenvalue weighted by atomic mass is 9.72. The summed E-state index contributed by atoms with van der Waals surface area (Å²) >= 11 is 1.77. The molecule has 2 heteroatoms. The number of hydrogen-bond acceptors (Lipinski definition) is 2. The van der Waals surface area contributed by atoms with E-state index in [2.05, 4.69) is 37.3 Å². The molecule has 2 aliphatic carbocycles. The van der Waals surface area contributed by atoms with Crippen LogP contribution >= 0.6 is 11.8 Å². The number of nitrogens with zero attached hydrogens (tertiary/aromatic N) is 1. The van der Waals surface area contributed by atoms with Crippen LogP contribution in [0.4, 0.5) is 0 Å². The van der Waals surface area contributed by atoms with E-state index in [0.29, 0.717) is 5.41 Å². The van der Waals surface area contributed by atoms with Crippen molar-refractivity contribution in [1.29, 1.82) is 5.26 Å². The van der Waals surface area contributed by atoms with Crippen molar-refractivity contribution in [2.24, 2.45) is 5.41 Å². The molecular formula is C14H15NS. The zero-order valence-electron chi connectivity index (χ0n) is 9.49. The summed E-state index contributed by atoms with van der Waals surface area (Å²) in [5.74, 6) is 0. The first-order valence-electron chi connectivity index (χ1n) is 5.82. The number of nitriles is 1. The molecule has 0 bridgehead atoms. The molecule has 2 saturated carbocycles. The molecule has 0 saturated heterocycles. The summed E-state index contributed by atoms with van der Waals surface area (Å²) in [6.45, 7) is 2.10. The minimum atomic E-state index is -0.121. The first-order chi connectivity index (χ1) is 7.65. The Labute approximate surface area is 101 Å². The van der Waals surface area contributed by atoms with Crippen LogP contribution in [0.15, 0.2) is 29.2 Å². The summed E-state index contributed by atoms with van der Waals surface area (Å²) in [4.78, 5) is 1.25. The largest absolute Gasteiger partial charge is 0.197 e. The Morgan fingerprint density at radius 1 is 1.31 bits per heavy atom. The summed E-state index contributed by atoms with van der Waals surface area (Å²) in [5.41, 5.74) is 1.87. The van der Waals surface area contributed by atoms with Crippen molar-refractivity contribution in [2.45, 2.75) is 42.2 Å². The molecule has 0 atom stereocenters. The molecule has 0 heterocycles. The summed E-state index contributed by atoms with van der Waals surface area (Å²) in [6, 6.07) is 11.0. The first-order valence-corrected chi connectivity index (χ1v) is 6.64. The molecule has 1 spiro atoms. The van der Waals surface area contributed by atoms with E-state index in [9.17, 15) is 5.26 Å². The van der Waals surface area contributed by atoms with Crippen LogP contribution in [0, 0.1) is 23.7 Å². The third-order valence-corrected chi connectivity index (χ3v) is 5.05. The third-order valence-electron chi connectivity index (χ3n) is 3.78. The van der Waals surface area contributed by atoms with Gasteiger partial charge in [-0.25, -0.2) is 0 Å². The van der Waals surface area contributed by atoms with E-state index in [1.165, 1.54) is 23.3 Å². The molecule has 1 aromatic rings. The highest BCUT2D eigenvalue weighted by Gasteiger charge is 2.61. The number of aryl methyl sites for hydroxylation is 1. The third kappa shape index (κ3) is 1.64. The summed E-state index contributed by atoms with van der Waals surface area (Å²) in [5, 5.41) is 9.36. The fourth-order valence-electron chi connectivity index (χ4n) is 2.77. The predicted molar refractivity (Wildman–Crippen MR) is 66.3 cm³/mol. The van der Waals surface area contributed by atoms with Gasteiger partial charge in [-0.1, -0.05) is 17.7 Å². The Balaban J connectivity index is 1.76. The molecule has 0 aliphatic heterocycles. The van der Waals surface area contributed by atoms with Crippen molar-refractivity contribution in [1.82, 2.24) is 0 Å². The smallest absolute Gasteiger partial charge is 0.108 e. The minimum absolute atomic E-state index is 0.121. The highest BCUT2D eigenvalue weighted by atomic mass is 32.2. The monoisotopic (exact) mass is 229 g/mol. The SMILES string of the molecule is Cc1cccc(SC2(C#N)CC3(CC3)C2)c1. The van der Waals surface area contributed by atoms with Crippen LogP contribution in [0.25, 0.3) is 0 Å². The van der Waals surface area contributed by atoms with Crippen LogP contribution in [-0.2, 0) is 0 Å². The molecule has 1 nitrogen and oxygen atoms in total. The molecule has 2 aliphatic rings. The molecule has 0 N–H and O–H groups in total. The van der Waals surface area contributed by atoms with E-state index in [4.69, 9.17) is 0 Å². The average molecular weight is 229 g/mol. The van der Waals surface area contributed by atoms with Gasteiger partial charge in [-0.2, -0.15) is 5.26 Å². The van der Waals surface area contributed by atoms with Crippen LogP contribution < -0.4 is 0 Å². The zero-order chi connectivity index (χ0) is 11.2. The van der Waals surface area contributed by atoms with Crippen molar-refractivity contribution >= 4 is 11.8 Å². The van der Waals surface area contributed by atoms with E-state index in [1.807, 2.05) is 0 Å². The Morgan fingerprint density at radius 2 is 2.06 bits per heavy atom. The van der Waals surface area contributed by atoms with Gasteiger partial charge in [-0.3, -0.25) is 0 Å². The maximum Gasteiger partial charge on any atom is 0.108 e. The average Bonchev–Trinajstić information content (AvgIpc) is 2.97. The molecule has 0 amide bonds. The number of thioether (sulfide) groups is 1. The Kier molecular flexibility index (Phi) is 2.09. The van der Waals surface area contributed by atoms with Gasteiger partial charge in [0.05, 0.1) is 6.07 Å².